The molecule has 0 unspecified atom stereocenters. The minimum atomic E-state index is -0.272. The zero-order chi connectivity index (χ0) is 18.2. The van der Waals surface area contributed by atoms with E-state index in [1.807, 2.05) is 6.07 Å². The van der Waals surface area contributed by atoms with Crippen molar-refractivity contribution in [2.75, 3.05) is 54.9 Å². The molecule has 0 aliphatic carbocycles. The van der Waals surface area contributed by atoms with Gasteiger partial charge in [0, 0.05) is 43.0 Å². The second-order valence-corrected chi connectivity index (χ2v) is 6.11. The number of morpholine rings is 1. The van der Waals surface area contributed by atoms with E-state index in [1.165, 1.54) is 6.33 Å². The second kappa shape index (κ2) is 9.21. The predicted octanol–water partition coefficient (Wildman–Crippen LogP) is 2.20. The summed E-state index contributed by atoms with van der Waals surface area (Å²) >= 11 is 5.81. The number of ether oxygens (including phenoxy) is 1. The summed E-state index contributed by atoms with van der Waals surface area (Å²) in [6, 6.07) is 8.56. The second-order valence-electron chi connectivity index (χ2n) is 5.68. The maximum atomic E-state index is 11.8. The monoisotopic (exact) mass is 376 g/mol. The molecule has 0 atom stereocenters. The number of amides is 2. The Morgan fingerprint density at radius 3 is 2.69 bits per heavy atom. The number of benzene rings is 1. The van der Waals surface area contributed by atoms with E-state index in [4.69, 9.17) is 16.3 Å². The van der Waals surface area contributed by atoms with Crippen molar-refractivity contribution in [1.29, 1.82) is 0 Å². The number of carbonyl (C=O) groups is 1. The van der Waals surface area contributed by atoms with E-state index in [0.717, 1.165) is 24.7 Å². The van der Waals surface area contributed by atoms with Crippen LogP contribution in [0, 0.1) is 0 Å². The highest BCUT2D eigenvalue weighted by atomic mass is 35.5. The van der Waals surface area contributed by atoms with Gasteiger partial charge in [-0.3, -0.25) is 0 Å². The third-order valence-electron chi connectivity index (χ3n) is 3.81. The molecule has 138 valence electrons. The summed E-state index contributed by atoms with van der Waals surface area (Å²) in [5, 5.41) is 9.33. The number of nitrogens with zero attached hydrogens (tertiary/aromatic N) is 3. The Labute approximate surface area is 156 Å². The van der Waals surface area contributed by atoms with Crippen LogP contribution in [0.15, 0.2) is 36.7 Å². The highest BCUT2D eigenvalue weighted by molar-refractivity contribution is 6.30. The Morgan fingerprint density at radius 2 is 1.92 bits per heavy atom. The number of hydrogen-bond acceptors (Lipinski definition) is 6. The quantitative estimate of drug-likeness (QED) is 0.669. The van der Waals surface area contributed by atoms with Gasteiger partial charge in [-0.2, -0.15) is 0 Å². The molecule has 26 heavy (non-hydrogen) atoms. The lowest BCUT2D eigenvalue weighted by Gasteiger charge is -2.27. The van der Waals surface area contributed by atoms with E-state index in [-0.39, 0.29) is 6.03 Å². The number of rotatable bonds is 6. The van der Waals surface area contributed by atoms with E-state index >= 15 is 0 Å². The van der Waals surface area contributed by atoms with Crippen LogP contribution in [0.1, 0.15) is 0 Å². The van der Waals surface area contributed by atoms with Gasteiger partial charge in [-0.1, -0.05) is 11.6 Å². The van der Waals surface area contributed by atoms with Crippen LogP contribution in [0.3, 0.4) is 0 Å². The minimum absolute atomic E-state index is 0.272. The van der Waals surface area contributed by atoms with Crippen LogP contribution in [0.5, 0.6) is 0 Å². The number of carbonyl (C=O) groups excluding carboxylic acids is 1. The lowest BCUT2D eigenvalue weighted by atomic mass is 10.3. The smallest absolute Gasteiger partial charge is 0.319 e. The lowest BCUT2D eigenvalue weighted by Crippen LogP contribution is -2.36. The molecule has 0 radical (unpaired) electrons. The maximum absolute atomic E-state index is 11.8. The van der Waals surface area contributed by atoms with Gasteiger partial charge in [0.2, 0.25) is 0 Å². The maximum Gasteiger partial charge on any atom is 0.319 e. The van der Waals surface area contributed by atoms with Crippen LogP contribution in [-0.4, -0.2) is 55.4 Å². The zero-order valence-corrected chi connectivity index (χ0v) is 15.0. The molecule has 3 N–H and O–H groups in total. The number of hydrogen-bond donors (Lipinski definition) is 3. The first-order chi connectivity index (χ1) is 12.7. The molecule has 0 saturated carbocycles. The topological polar surface area (TPSA) is 91.4 Å². The fourth-order valence-electron chi connectivity index (χ4n) is 2.48. The molecule has 1 aromatic carbocycles. The van der Waals surface area contributed by atoms with Crippen LogP contribution in [0.25, 0.3) is 0 Å². The Bertz CT molecular complexity index is 721. The predicted molar refractivity (Wildman–Crippen MR) is 102 cm³/mol. The summed E-state index contributed by atoms with van der Waals surface area (Å²) in [4.78, 5) is 22.5. The molecule has 1 aliphatic heterocycles. The van der Waals surface area contributed by atoms with Crippen LogP contribution >= 0.6 is 11.6 Å². The average molecular weight is 377 g/mol. The first-order valence-corrected chi connectivity index (χ1v) is 8.77. The SMILES string of the molecule is O=C(NCCNc1cc(N2CCOCC2)ncn1)Nc1ccc(Cl)cc1. The van der Waals surface area contributed by atoms with E-state index < -0.39 is 0 Å². The molecule has 1 aliphatic rings. The highest BCUT2D eigenvalue weighted by Gasteiger charge is 2.12. The van der Waals surface area contributed by atoms with Crippen molar-refractivity contribution in [2.24, 2.45) is 0 Å². The van der Waals surface area contributed by atoms with Gasteiger partial charge in [0.15, 0.2) is 0 Å². The summed E-state index contributed by atoms with van der Waals surface area (Å²) in [6.07, 6.45) is 1.54. The van der Waals surface area contributed by atoms with E-state index in [2.05, 4.69) is 30.8 Å². The van der Waals surface area contributed by atoms with Gasteiger partial charge in [0.05, 0.1) is 13.2 Å². The largest absolute Gasteiger partial charge is 0.378 e. The van der Waals surface area contributed by atoms with Crippen molar-refractivity contribution in [3.05, 3.63) is 41.7 Å². The Hall–Kier alpha value is -2.58. The molecule has 3 rings (SSSR count). The zero-order valence-electron chi connectivity index (χ0n) is 14.2. The summed E-state index contributed by atoms with van der Waals surface area (Å²) in [5.74, 6) is 1.60. The number of aromatic nitrogens is 2. The Morgan fingerprint density at radius 1 is 1.15 bits per heavy atom. The highest BCUT2D eigenvalue weighted by Crippen LogP contribution is 2.15. The molecule has 2 amide bonds. The van der Waals surface area contributed by atoms with Gasteiger partial charge in [-0.05, 0) is 24.3 Å². The van der Waals surface area contributed by atoms with E-state index in [1.54, 1.807) is 24.3 Å². The third kappa shape index (κ3) is 5.47. The van der Waals surface area contributed by atoms with Crippen LogP contribution in [0.4, 0.5) is 22.1 Å². The summed E-state index contributed by atoms with van der Waals surface area (Å²) in [7, 11) is 0. The minimum Gasteiger partial charge on any atom is -0.378 e. The van der Waals surface area contributed by atoms with Crippen LogP contribution in [0.2, 0.25) is 5.02 Å². The van der Waals surface area contributed by atoms with E-state index in [0.29, 0.717) is 37.0 Å². The number of anilines is 3. The molecule has 2 heterocycles. The van der Waals surface area contributed by atoms with Gasteiger partial charge >= 0.3 is 6.03 Å². The Kier molecular flexibility index (Phi) is 6.45. The van der Waals surface area contributed by atoms with Gasteiger partial charge < -0.3 is 25.6 Å². The number of nitrogens with one attached hydrogen (secondary N) is 3. The molecular weight excluding hydrogens is 356 g/mol. The molecule has 0 spiro atoms. The third-order valence-corrected chi connectivity index (χ3v) is 4.06. The fourth-order valence-corrected chi connectivity index (χ4v) is 2.61. The van der Waals surface area contributed by atoms with E-state index in [9.17, 15) is 4.79 Å². The van der Waals surface area contributed by atoms with Crippen molar-refractivity contribution < 1.29 is 9.53 Å². The average Bonchev–Trinajstić information content (AvgIpc) is 2.68. The van der Waals surface area contributed by atoms with Crippen LogP contribution in [-0.2, 0) is 4.74 Å². The van der Waals surface area contributed by atoms with Crippen molar-refractivity contribution >= 4 is 35.0 Å². The summed E-state index contributed by atoms with van der Waals surface area (Å²) in [6.45, 7) is 4.06. The molecule has 8 nitrogen and oxygen atoms in total. The van der Waals surface area contributed by atoms with Gasteiger partial charge in [-0.15, -0.1) is 0 Å². The molecule has 1 saturated heterocycles. The van der Waals surface area contributed by atoms with Crippen molar-refractivity contribution in [2.45, 2.75) is 0 Å². The molecule has 0 bridgehead atoms. The van der Waals surface area contributed by atoms with Crippen LogP contribution < -0.4 is 20.9 Å². The number of halogens is 1. The van der Waals surface area contributed by atoms with Gasteiger partial charge in [0.25, 0.3) is 0 Å². The van der Waals surface area contributed by atoms with Gasteiger partial charge in [0.1, 0.15) is 18.0 Å². The van der Waals surface area contributed by atoms with Crippen molar-refractivity contribution in [1.82, 2.24) is 15.3 Å². The summed E-state index contributed by atoms with van der Waals surface area (Å²) < 4.78 is 5.35. The normalized spacial score (nSPS) is 14.0. The lowest BCUT2D eigenvalue weighted by molar-refractivity contribution is 0.122. The molecule has 9 heteroatoms. The Balaban J connectivity index is 1.40. The molecule has 1 fully saturated rings. The summed E-state index contributed by atoms with van der Waals surface area (Å²) in [5.41, 5.74) is 0.686. The molecule has 2 aromatic rings. The van der Waals surface area contributed by atoms with Crippen molar-refractivity contribution in [3.8, 4) is 0 Å². The van der Waals surface area contributed by atoms with Crippen molar-refractivity contribution in [3.63, 3.8) is 0 Å². The molecule has 1 aromatic heterocycles. The first kappa shape index (κ1) is 18.2. The number of urea groups is 1. The fraction of sp³-hybridized carbons (Fsp3) is 0.353. The standard InChI is InChI=1S/C17H21ClN6O2/c18-13-1-3-14(4-2-13)23-17(25)20-6-5-19-15-11-16(22-12-21-15)24-7-9-26-10-8-24/h1-4,11-12H,5-10H2,(H,19,21,22)(H2,20,23,25). The first-order valence-electron chi connectivity index (χ1n) is 8.40. The van der Waals surface area contributed by atoms with Gasteiger partial charge in [-0.25, -0.2) is 14.8 Å². The molecular formula is C17H21ClN6O2.